The summed E-state index contributed by atoms with van der Waals surface area (Å²) in [6, 6.07) is 18.9. The lowest BCUT2D eigenvalue weighted by molar-refractivity contribution is 0.0972. The van der Waals surface area contributed by atoms with Gasteiger partial charge in [0.25, 0.3) is 11.8 Å². The molecule has 0 saturated carbocycles. The van der Waals surface area contributed by atoms with E-state index in [4.69, 9.17) is 17.0 Å². The third-order valence-corrected chi connectivity index (χ3v) is 4.35. The van der Waals surface area contributed by atoms with Gasteiger partial charge in [-0.3, -0.25) is 14.9 Å². The van der Waals surface area contributed by atoms with Crippen LogP contribution in [0.15, 0.2) is 72.8 Å². The van der Waals surface area contributed by atoms with E-state index in [2.05, 4.69) is 16.0 Å². The van der Waals surface area contributed by atoms with Crippen LogP contribution >= 0.6 is 12.2 Å². The SMILES string of the molecule is CCOc1ccccc1C(=O)NC(=S)Nc1cccc(C(=O)Nc2ccc(F)cc2)c1. The van der Waals surface area contributed by atoms with E-state index in [1.54, 1.807) is 48.5 Å². The molecule has 0 heterocycles. The van der Waals surface area contributed by atoms with Crippen LogP contribution in [0.2, 0.25) is 0 Å². The van der Waals surface area contributed by atoms with Crippen LogP contribution in [0.1, 0.15) is 27.6 Å². The number of amides is 2. The Hall–Kier alpha value is -3.78. The fourth-order valence-corrected chi connectivity index (χ4v) is 2.95. The summed E-state index contributed by atoms with van der Waals surface area (Å²) in [6.07, 6.45) is 0. The highest BCUT2D eigenvalue weighted by molar-refractivity contribution is 7.80. The molecule has 0 aromatic heterocycles. The van der Waals surface area contributed by atoms with E-state index < -0.39 is 5.91 Å². The first kappa shape index (κ1) is 21.9. The third-order valence-electron chi connectivity index (χ3n) is 4.14. The highest BCUT2D eigenvalue weighted by Gasteiger charge is 2.14. The molecule has 0 saturated heterocycles. The zero-order valence-electron chi connectivity index (χ0n) is 16.6. The largest absolute Gasteiger partial charge is 0.493 e. The zero-order valence-corrected chi connectivity index (χ0v) is 17.5. The van der Waals surface area contributed by atoms with Gasteiger partial charge in [0.05, 0.1) is 12.2 Å². The molecule has 6 nitrogen and oxygen atoms in total. The lowest BCUT2D eigenvalue weighted by Gasteiger charge is -2.13. The summed E-state index contributed by atoms with van der Waals surface area (Å²) in [6.45, 7) is 2.26. The minimum absolute atomic E-state index is 0.0763. The summed E-state index contributed by atoms with van der Waals surface area (Å²) in [5, 5.41) is 8.26. The number of anilines is 2. The summed E-state index contributed by atoms with van der Waals surface area (Å²) in [7, 11) is 0. The van der Waals surface area contributed by atoms with E-state index in [0.717, 1.165) is 0 Å². The number of halogens is 1. The molecular weight excluding hydrogens is 417 g/mol. The fourth-order valence-electron chi connectivity index (χ4n) is 2.74. The van der Waals surface area contributed by atoms with Gasteiger partial charge in [0, 0.05) is 16.9 Å². The molecule has 3 rings (SSSR count). The number of ether oxygens (including phenoxy) is 1. The van der Waals surface area contributed by atoms with Crippen molar-refractivity contribution in [3.05, 3.63) is 89.7 Å². The molecule has 31 heavy (non-hydrogen) atoms. The van der Waals surface area contributed by atoms with Gasteiger partial charge in [-0.15, -0.1) is 0 Å². The number of carbonyl (C=O) groups is 2. The summed E-state index contributed by atoms with van der Waals surface area (Å²) in [5.74, 6) is -0.698. The molecule has 3 aromatic carbocycles. The molecule has 0 radical (unpaired) electrons. The quantitative estimate of drug-likeness (QED) is 0.491. The van der Waals surface area contributed by atoms with Gasteiger partial charge in [-0.2, -0.15) is 0 Å². The number of hydrogen-bond donors (Lipinski definition) is 3. The highest BCUT2D eigenvalue weighted by atomic mass is 32.1. The number of carbonyl (C=O) groups excluding carboxylic acids is 2. The van der Waals surface area contributed by atoms with Crippen molar-refractivity contribution in [3.8, 4) is 5.75 Å². The second kappa shape index (κ2) is 10.3. The monoisotopic (exact) mass is 437 g/mol. The van der Waals surface area contributed by atoms with Crippen molar-refractivity contribution in [2.45, 2.75) is 6.92 Å². The molecule has 0 atom stereocenters. The maximum atomic E-state index is 13.0. The molecule has 2 amide bonds. The van der Waals surface area contributed by atoms with E-state index in [-0.39, 0.29) is 16.8 Å². The molecule has 3 aromatic rings. The van der Waals surface area contributed by atoms with Crippen LogP contribution in [0, 0.1) is 5.82 Å². The molecule has 0 aliphatic rings. The van der Waals surface area contributed by atoms with Crippen LogP contribution in [-0.2, 0) is 0 Å². The summed E-state index contributed by atoms with van der Waals surface area (Å²) >= 11 is 5.23. The Morgan fingerprint density at radius 3 is 2.39 bits per heavy atom. The van der Waals surface area contributed by atoms with Crippen LogP contribution in [0.4, 0.5) is 15.8 Å². The Morgan fingerprint density at radius 2 is 1.65 bits per heavy atom. The number of rotatable bonds is 6. The van der Waals surface area contributed by atoms with Crippen molar-refractivity contribution in [2.75, 3.05) is 17.2 Å². The molecular formula is C23H20FN3O3S. The number of thiocarbonyl (C=S) groups is 1. The third kappa shape index (κ3) is 6.10. The summed E-state index contributed by atoms with van der Waals surface area (Å²) in [5.41, 5.74) is 1.72. The Morgan fingerprint density at radius 1 is 0.903 bits per heavy atom. The first-order chi connectivity index (χ1) is 15.0. The second-order valence-corrected chi connectivity index (χ2v) is 6.79. The lowest BCUT2D eigenvalue weighted by Crippen LogP contribution is -2.34. The number of para-hydroxylation sites is 1. The predicted molar refractivity (Wildman–Crippen MR) is 122 cm³/mol. The van der Waals surface area contributed by atoms with Crippen molar-refractivity contribution in [3.63, 3.8) is 0 Å². The smallest absolute Gasteiger partial charge is 0.261 e. The van der Waals surface area contributed by atoms with Crippen LogP contribution < -0.4 is 20.7 Å². The molecule has 0 aliphatic carbocycles. The molecule has 8 heteroatoms. The minimum Gasteiger partial charge on any atom is -0.493 e. The van der Waals surface area contributed by atoms with Crippen molar-refractivity contribution < 1.29 is 18.7 Å². The van der Waals surface area contributed by atoms with Crippen molar-refractivity contribution >= 4 is 40.5 Å². The van der Waals surface area contributed by atoms with E-state index in [0.29, 0.717) is 34.9 Å². The van der Waals surface area contributed by atoms with Gasteiger partial charge in [-0.05, 0) is 73.7 Å². The van der Waals surface area contributed by atoms with Gasteiger partial charge in [-0.1, -0.05) is 18.2 Å². The summed E-state index contributed by atoms with van der Waals surface area (Å²) in [4.78, 5) is 25.0. The van der Waals surface area contributed by atoms with E-state index >= 15 is 0 Å². The molecule has 0 spiro atoms. The van der Waals surface area contributed by atoms with Crippen LogP contribution in [0.5, 0.6) is 5.75 Å². The van der Waals surface area contributed by atoms with Crippen molar-refractivity contribution in [2.24, 2.45) is 0 Å². The minimum atomic E-state index is -0.410. The van der Waals surface area contributed by atoms with E-state index in [1.807, 2.05) is 6.92 Å². The van der Waals surface area contributed by atoms with Gasteiger partial charge in [-0.25, -0.2) is 4.39 Å². The average molecular weight is 437 g/mol. The van der Waals surface area contributed by atoms with Crippen molar-refractivity contribution in [1.29, 1.82) is 0 Å². The number of hydrogen-bond acceptors (Lipinski definition) is 4. The van der Waals surface area contributed by atoms with Gasteiger partial charge >= 0.3 is 0 Å². The second-order valence-electron chi connectivity index (χ2n) is 6.38. The summed E-state index contributed by atoms with van der Waals surface area (Å²) < 4.78 is 18.5. The normalized spacial score (nSPS) is 10.1. The fraction of sp³-hybridized carbons (Fsp3) is 0.0870. The maximum Gasteiger partial charge on any atom is 0.261 e. The number of benzene rings is 3. The van der Waals surface area contributed by atoms with E-state index in [9.17, 15) is 14.0 Å². The Labute approximate surface area is 184 Å². The van der Waals surface area contributed by atoms with Gasteiger partial charge in [0.1, 0.15) is 11.6 Å². The Bertz CT molecular complexity index is 1100. The molecule has 0 aliphatic heterocycles. The van der Waals surface area contributed by atoms with Crippen LogP contribution in [0.3, 0.4) is 0 Å². The Balaban J connectivity index is 1.64. The van der Waals surface area contributed by atoms with Gasteiger partial charge in [0.15, 0.2) is 5.11 Å². The van der Waals surface area contributed by atoms with Crippen molar-refractivity contribution in [1.82, 2.24) is 5.32 Å². The topological polar surface area (TPSA) is 79.5 Å². The standard InChI is InChI=1S/C23H20FN3O3S/c1-2-30-20-9-4-3-8-19(20)22(29)27-23(31)26-18-7-5-6-15(14-18)21(28)25-17-12-10-16(24)11-13-17/h3-14H,2H2,1H3,(H,25,28)(H2,26,27,29,31). The van der Waals surface area contributed by atoms with Crippen LogP contribution in [0.25, 0.3) is 0 Å². The molecule has 0 bridgehead atoms. The van der Waals surface area contributed by atoms with E-state index in [1.165, 1.54) is 24.3 Å². The van der Waals surface area contributed by atoms with Gasteiger partial charge < -0.3 is 15.4 Å². The maximum absolute atomic E-state index is 13.0. The molecule has 0 unspecified atom stereocenters. The first-order valence-electron chi connectivity index (χ1n) is 9.47. The van der Waals surface area contributed by atoms with Crippen LogP contribution in [-0.4, -0.2) is 23.5 Å². The average Bonchev–Trinajstić information content (AvgIpc) is 2.76. The predicted octanol–water partition coefficient (Wildman–Crippen LogP) is 4.60. The number of nitrogens with one attached hydrogen (secondary N) is 3. The highest BCUT2D eigenvalue weighted by Crippen LogP contribution is 2.18. The Kier molecular flexibility index (Phi) is 7.29. The molecule has 0 fully saturated rings. The molecule has 3 N–H and O–H groups in total. The lowest BCUT2D eigenvalue weighted by atomic mass is 10.2. The van der Waals surface area contributed by atoms with Gasteiger partial charge in [0.2, 0.25) is 0 Å². The molecule has 158 valence electrons. The first-order valence-corrected chi connectivity index (χ1v) is 9.88. The zero-order chi connectivity index (χ0) is 22.2.